The van der Waals surface area contributed by atoms with E-state index in [0.717, 1.165) is 22.0 Å². The number of amides is 1. The molecular weight excluding hydrogens is 466 g/mol. The normalized spacial score (nSPS) is 11.2. The Bertz CT molecular complexity index is 1380. The fourth-order valence-electron chi connectivity index (χ4n) is 3.60. The minimum Gasteiger partial charge on any atom is -0.494 e. The van der Waals surface area contributed by atoms with E-state index in [1.54, 1.807) is 42.5 Å². The van der Waals surface area contributed by atoms with E-state index in [4.69, 9.17) is 9.47 Å². The number of fused-ring (bicyclic) bond motifs is 1. The zero-order valence-electron chi connectivity index (χ0n) is 19.3. The monoisotopic (exact) mass is 493 g/mol. The van der Waals surface area contributed by atoms with Crippen LogP contribution in [0.1, 0.15) is 18.1 Å². The molecule has 0 spiro atoms. The highest BCUT2D eigenvalue weighted by Gasteiger charge is 2.16. The number of ether oxygens (including phenoxy) is 2. The maximum Gasteiger partial charge on any atom is 0.407 e. The van der Waals surface area contributed by atoms with Crippen molar-refractivity contribution in [1.82, 2.24) is 10.3 Å². The summed E-state index contributed by atoms with van der Waals surface area (Å²) in [6, 6.07) is 21.1. The third kappa shape index (κ3) is 6.33. The van der Waals surface area contributed by atoms with Gasteiger partial charge in [-0.1, -0.05) is 30.3 Å². The number of nitrogens with one attached hydrogen (secondary N) is 3. The second-order valence-corrected chi connectivity index (χ2v) is 9.51. The predicted octanol–water partition coefficient (Wildman–Crippen LogP) is 4.84. The van der Waals surface area contributed by atoms with Crippen LogP contribution in [0.4, 0.5) is 10.5 Å². The summed E-state index contributed by atoms with van der Waals surface area (Å²) in [5.74, 6) is 0.673. The summed E-state index contributed by atoms with van der Waals surface area (Å²) in [6.07, 6.45) is 1.82. The van der Waals surface area contributed by atoms with Gasteiger partial charge in [0.05, 0.1) is 11.5 Å². The fourth-order valence-corrected chi connectivity index (χ4v) is 4.69. The SMILES string of the molecule is CCOc1ccc(NS(=O)(=O)c2ccc3[nH]cc(CCNC(=O)OCc4ccccc4)c3c2)cc1. The smallest absolute Gasteiger partial charge is 0.407 e. The predicted molar refractivity (Wildman–Crippen MR) is 135 cm³/mol. The number of rotatable bonds is 10. The number of aromatic nitrogens is 1. The Morgan fingerprint density at radius 2 is 1.77 bits per heavy atom. The highest BCUT2D eigenvalue weighted by atomic mass is 32.2. The van der Waals surface area contributed by atoms with E-state index in [2.05, 4.69) is 15.0 Å². The molecule has 4 rings (SSSR count). The van der Waals surface area contributed by atoms with Gasteiger partial charge < -0.3 is 19.8 Å². The summed E-state index contributed by atoms with van der Waals surface area (Å²) in [5, 5.41) is 3.51. The molecule has 0 aliphatic carbocycles. The number of benzene rings is 3. The molecule has 1 amide bonds. The number of aromatic amines is 1. The van der Waals surface area contributed by atoms with Gasteiger partial charge in [0.2, 0.25) is 0 Å². The number of hydrogen-bond donors (Lipinski definition) is 3. The number of hydrogen-bond acceptors (Lipinski definition) is 5. The summed E-state index contributed by atoms with van der Waals surface area (Å²) in [5.41, 5.74) is 3.06. The van der Waals surface area contributed by atoms with Gasteiger partial charge in [-0.05, 0) is 66.9 Å². The van der Waals surface area contributed by atoms with Crippen molar-refractivity contribution in [3.63, 3.8) is 0 Å². The minimum atomic E-state index is -3.79. The molecular formula is C26H27N3O5S. The molecule has 0 bridgehead atoms. The maximum absolute atomic E-state index is 13.0. The highest BCUT2D eigenvalue weighted by molar-refractivity contribution is 7.92. The van der Waals surface area contributed by atoms with E-state index in [1.807, 2.05) is 43.5 Å². The summed E-state index contributed by atoms with van der Waals surface area (Å²) in [4.78, 5) is 15.3. The van der Waals surface area contributed by atoms with E-state index in [9.17, 15) is 13.2 Å². The van der Waals surface area contributed by atoms with Crippen LogP contribution in [0.15, 0.2) is 83.9 Å². The van der Waals surface area contributed by atoms with Crippen LogP contribution in [0.5, 0.6) is 5.75 Å². The molecule has 0 aliphatic heterocycles. The molecule has 3 N–H and O–H groups in total. The first-order chi connectivity index (χ1) is 16.9. The zero-order valence-corrected chi connectivity index (χ0v) is 20.1. The molecule has 0 radical (unpaired) electrons. The molecule has 35 heavy (non-hydrogen) atoms. The van der Waals surface area contributed by atoms with Crippen molar-refractivity contribution in [2.75, 3.05) is 17.9 Å². The van der Waals surface area contributed by atoms with E-state index >= 15 is 0 Å². The molecule has 1 heterocycles. The molecule has 0 saturated heterocycles. The lowest BCUT2D eigenvalue weighted by molar-refractivity contribution is 0.140. The number of alkyl carbamates (subject to hydrolysis) is 1. The summed E-state index contributed by atoms with van der Waals surface area (Å²) >= 11 is 0. The molecule has 1 aromatic heterocycles. The van der Waals surface area contributed by atoms with Crippen LogP contribution < -0.4 is 14.8 Å². The van der Waals surface area contributed by atoms with Crippen molar-refractivity contribution in [2.24, 2.45) is 0 Å². The molecule has 0 unspecified atom stereocenters. The number of anilines is 1. The third-order valence-corrected chi connectivity index (χ3v) is 6.72. The van der Waals surface area contributed by atoms with E-state index < -0.39 is 16.1 Å². The van der Waals surface area contributed by atoms with Gasteiger partial charge in [0.1, 0.15) is 12.4 Å². The molecule has 4 aromatic rings. The van der Waals surface area contributed by atoms with Crippen molar-refractivity contribution in [1.29, 1.82) is 0 Å². The summed E-state index contributed by atoms with van der Waals surface area (Å²) < 4.78 is 39.1. The van der Waals surface area contributed by atoms with E-state index in [1.165, 1.54) is 0 Å². The van der Waals surface area contributed by atoms with Crippen LogP contribution >= 0.6 is 0 Å². The lowest BCUT2D eigenvalue weighted by Crippen LogP contribution is -2.26. The van der Waals surface area contributed by atoms with Crippen LogP contribution in [0.25, 0.3) is 10.9 Å². The second-order valence-electron chi connectivity index (χ2n) is 7.82. The van der Waals surface area contributed by atoms with Crippen LogP contribution in [-0.2, 0) is 27.8 Å². The Balaban J connectivity index is 1.38. The van der Waals surface area contributed by atoms with Crippen molar-refractivity contribution in [2.45, 2.75) is 24.8 Å². The van der Waals surface area contributed by atoms with Crippen LogP contribution in [0.2, 0.25) is 0 Å². The Morgan fingerprint density at radius 3 is 2.51 bits per heavy atom. The standard InChI is InChI=1S/C26H27N3O5S/c1-2-33-22-10-8-21(9-11-22)29-35(31,32)23-12-13-25-24(16-23)20(17-28-25)14-15-27-26(30)34-18-19-6-4-3-5-7-19/h3-13,16-17,28-29H,2,14-15,18H2,1H3,(H,27,30). The zero-order chi connectivity index (χ0) is 24.7. The molecule has 0 saturated carbocycles. The van der Waals surface area contributed by atoms with Gasteiger partial charge in [0, 0.05) is 29.3 Å². The molecule has 3 aromatic carbocycles. The van der Waals surface area contributed by atoms with Crippen LogP contribution in [0.3, 0.4) is 0 Å². The third-order valence-electron chi connectivity index (χ3n) is 5.34. The lowest BCUT2D eigenvalue weighted by atomic mass is 10.1. The molecule has 0 aliphatic rings. The van der Waals surface area contributed by atoms with Gasteiger partial charge in [-0.3, -0.25) is 4.72 Å². The van der Waals surface area contributed by atoms with Crippen molar-refractivity contribution in [3.8, 4) is 5.75 Å². The first-order valence-corrected chi connectivity index (χ1v) is 12.7. The van der Waals surface area contributed by atoms with Gasteiger partial charge in [-0.2, -0.15) is 0 Å². The molecule has 9 heteroatoms. The second kappa shape index (κ2) is 11.0. The fraction of sp³-hybridized carbons (Fsp3) is 0.192. The first-order valence-electron chi connectivity index (χ1n) is 11.2. The van der Waals surface area contributed by atoms with E-state index in [0.29, 0.717) is 31.0 Å². The van der Waals surface area contributed by atoms with Crippen LogP contribution in [0, 0.1) is 0 Å². The number of sulfonamides is 1. The summed E-state index contributed by atoms with van der Waals surface area (Å²) in [7, 11) is -3.79. The van der Waals surface area contributed by atoms with Gasteiger partial charge in [-0.15, -0.1) is 0 Å². The maximum atomic E-state index is 13.0. The van der Waals surface area contributed by atoms with Crippen LogP contribution in [-0.4, -0.2) is 32.6 Å². The van der Waals surface area contributed by atoms with Crippen molar-refractivity contribution >= 4 is 32.7 Å². The molecule has 8 nitrogen and oxygen atoms in total. The average Bonchev–Trinajstić information content (AvgIpc) is 3.27. The molecule has 0 atom stereocenters. The number of H-pyrrole nitrogens is 1. The number of carbonyl (C=O) groups is 1. The Labute approximate surface area is 204 Å². The Kier molecular flexibility index (Phi) is 7.57. The van der Waals surface area contributed by atoms with Gasteiger partial charge in [0.15, 0.2) is 0 Å². The minimum absolute atomic E-state index is 0.148. The quantitative estimate of drug-likeness (QED) is 0.293. The highest BCUT2D eigenvalue weighted by Crippen LogP contribution is 2.25. The van der Waals surface area contributed by atoms with Crippen molar-refractivity contribution in [3.05, 3.63) is 90.1 Å². The first kappa shape index (κ1) is 24.2. The topological polar surface area (TPSA) is 110 Å². The van der Waals surface area contributed by atoms with Gasteiger partial charge >= 0.3 is 6.09 Å². The molecule has 182 valence electrons. The van der Waals surface area contributed by atoms with Gasteiger partial charge in [-0.25, -0.2) is 13.2 Å². The largest absolute Gasteiger partial charge is 0.494 e. The lowest BCUT2D eigenvalue weighted by Gasteiger charge is -2.10. The molecule has 0 fully saturated rings. The van der Waals surface area contributed by atoms with Crippen molar-refractivity contribution < 1.29 is 22.7 Å². The van der Waals surface area contributed by atoms with E-state index in [-0.39, 0.29) is 11.5 Å². The average molecular weight is 494 g/mol. The Hall–Kier alpha value is -3.98. The summed E-state index contributed by atoms with van der Waals surface area (Å²) in [6.45, 7) is 2.97. The van der Waals surface area contributed by atoms with Gasteiger partial charge in [0.25, 0.3) is 10.0 Å². The Morgan fingerprint density at radius 1 is 1.00 bits per heavy atom. The number of carbonyl (C=O) groups excluding carboxylic acids is 1.